The fourth-order valence-electron chi connectivity index (χ4n) is 4.57. The van der Waals surface area contributed by atoms with Gasteiger partial charge in [-0.3, -0.25) is 9.80 Å². The van der Waals surface area contributed by atoms with Gasteiger partial charge in [-0.15, -0.1) is 0 Å². The molecule has 1 aromatic rings. The number of halogens is 1. The monoisotopic (exact) mass is 363 g/mol. The van der Waals surface area contributed by atoms with Crippen LogP contribution in [0.1, 0.15) is 30.4 Å². The summed E-state index contributed by atoms with van der Waals surface area (Å²) in [5, 5.41) is 9.32. The van der Waals surface area contributed by atoms with Crippen molar-refractivity contribution in [1.82, 2.24) is 14.7 Å². The molecule has 2 aliphatic heterocycles. The van der Waals surface area contributed by atoms with Crippen molar-refractivity contribution >= 4 is 0 Å². The molecule has 0 amide bonds. The highest BCUT2D eigenvalue weighted by atomic mass is 19.1. The van der Waals surface area contributed by atoms with Crippen LogP contribution >= 0.6 is 0 Å². The van der Waals surface area contributed by atoms with E-state index >= 15 is 0 Å². The van der Waals surface area contributed by atoms with Gasteiger partial charge in [-0.1, -0.05) is 12.1 Å². The SMILES string of the molecule is Cc1cc(CN2CC[C@@H](N3CCN(C)CC3)[C@@H](CCCO)C2)ccc1F. The summed E-state index contributed by atoms with van der Waals surface area (Å²) in [6, 6.07) is 6.12. The highest BCUT2D eigenvalue weighted by Crippen LogP contribution is 2.28. The molecule has 0 aromatic heterocycles. The Morgan fingerprint density at radius 2 is 1.92 bits per heavy atom. The van der Waals surface area contributed by atoms with Gasteiger partial charge in [-0.05, 0) is 62.9 Å². The maximum absolute atomic E-state index is 13.5. The summed E-state index contributed by atoms with van der Waals surface area (Å²) in [5.41, 5.74) is 1.93. The second-order valence-electron chi connectivity index (χ2n) is 8.14. The number of piperazine rings is 1. The molecule has 0 radical (unpaired) electrons. The van der Waals surface area contributed by atoms with Crippen molar-refractivity contribution in [3.05, 3.63) is 35.1 Å². The number of hydrogen-bond acceptors (Lipinski definition) is 4. The normalized spacial score (nSPS) is 26.3. The number of aliphatic hydroxyl groups is 1. The number of rotatable bonds is 6. The van der Waals surface area contributed by atoms with Crippen LogP contribution in [0.2, 0.25) is 0 Å². The molecule has 4 nitrogen and oxygen atoms in total. The third-order valence-corrected chi connectivity index (χ3v) is 6.15. The molecule has 2 heterocycles. The standard InChI is InChI=1S/C21H34FN3O/c1-17-14-18(5-6-20(17)22)15-24-8-7-21(19(16-24)4-3-13-26)25-11-9-23(2)10-12-25/h5-6,14,19,21,26H,3-4,7-13,15-16H2,1-2H3/t19-,21+/m0/s1. The average molecular weight is 364 g/mol. The largest absolute Gasteiger partial charge is 0.396 e. The van der Waals surface area contributed by atoms with Crippen LogP contribution in [0.3, 0.4) is 0 Å². The van der Waals surface area contributed by atoms with Crippen molar-refractivity contribution < 1.29 is 9.50 Å². The van der Waals surface area contributed by atoms with Crippen LogP contribution in [0.25, 0.3) is 0 Å². The molecule has 146 valence electrons. The second kappa shape index (κ2) is 9.27. The highest BCUT2D eigenvalue weighted by molar-refractivity contribution is 5.23. The molecule has 0 unspecified atom stereocenters. The van der Waals surface area contributed by atoms with E-state index in [0.717, 1.165) is 64.2 Å². The van der Waals surface area contributed by atoms with Crippen LogP contribution < -0.4 is 0 Å². The zero-order valence-corrected chi connectivity index (χ0v) is 16.3. The third-order valence-electron chi connectivity index (χ3n) is 6.15. The van der Waals surface area contributed by atoms with Gasteiger partial charge in [0.15, 0.2) is 0 Å². The first-order chi connectivity index (χ1) is 12.6. The van der Waals surface area contributed by atoms with Gasteiger partial charge in [0.2, 0.25) is 0 Å². The van der Waals surface area contributed by atoms with Gasteiger partial charge in [0.1, 0.15) is 5.82 Å². The van der Waals surface area contributed by atoms with E-state index in [1.54, 1.807) is 6.07 Å². The Morgan fingerprint density at radius 3 is 2.62 bits per heavy atom. The molecule has 0 spiro atoms. The molecule has 5 heteroatoms. The van der Waals surface area contributed by atoms with Crippen molar-refractivity contribution in [1.29, 1.82) is 0 Å². The summed E-state index contributed by atoms with van der Waals surface area (Å²) in [5.74, 6) is 0.490. The molecule has 26 heavy (non-hydrogen) atoms. The summed E-state index contributed by atoms with van der Waals surface area (Å²) in [7, 11) is 2.20. The van der Waals surface area contributed by atoms with Crippen molar-refractivity contribution in [3.8, 4) is 0 Å². The van der Waals surface area contributed by atoms with Crippen molar-refractivity contribution in [2.45, 2.75) is 38.8 Å². The molecular formula is C21H34FN3O. The lowest BCUT2D eigenvalue weighted by molar-refractivity contribution is 0.0212. The van der Waals surface area contributed by atoms with E-state index in [1.807, 2.05) is 19.1 Å². The van der Waals surface area contributed by atoms with Gasteiger partial charge in [0.25, 0.3) is 0 Å². The molecule has 3 rings (SSSR count). The molecule has 1 aromatic carbocycles. The van der Waals surface area contributed by atoms with Crippen LogP contribution in [-0.4, -0.2) is 78.8 Å². The smallest absolute Gasteiger partial charge is 0.126 e. The Bertz CT molecular complexity index is 574. The lowest BCUT2D eigenvalue weighted by Gasteiger charge is -2.46. The predicted molar refractivity (Wildman–Crippen MR) is 104 cm³/mol. The molecule has 1 N–H and O–H groups in total. The van der Waals surface area contributed by atoms with Crippen LogP contribution in [-0.2, 0) is 6.54 Å². The van der Waals surface area contributed by atoms with Gasteiger partial charge in [0.05, 0.1) is 0 Å². The molecule has 2 saturated heterocycles. The summed E-state index contributed by atoms with van der Waals surface area (Å²) in [4.78, 5) is 7.61. The van der Waals surface area contributed by atoms with E-state index in [0.29, 0.717) is 12.0 Å². The van der Waals surface area contributed by atoms with E-state index in [9.17, 15) is 9.50 Å². The number of likely N-dealkylation sites (tertiary alicyclic amines) is 1. The zero-order valence-electron chi connectivity index (χ0n) is 16.3. The maximum atomic E-state index is 13.5. The number of likely N-dealkylation sites (N-methyl/N-ethyl adjacent to an activating group) is 1. The number of piperidine rings is 1. The zero-order chi connectivity index (χ0) is 18.5. The average Bonchev–Trinajstić information content (AvgIpc) is 2.64. The minimum atomic E-state index is -0.122. The van der Waals surface area contributed by atoms with Crippen molar-refractivity contribution in [3.63, 3.8) is 0 Å². The number of aliphatic hydroxyl groups excluding tert-OH is 1. The Morgan fingerprint density at radius 1 is 1.15 bits per heavy atom. The first-order valence-corrected chi connectivity index (χ1v) is 10.1. The number of nitrogens with zero attached hydrogens (tertiary/aromatic N) is 3. The molecule has 2 aliphatic rings. The molecule has 0 bridgehead atoms. The Balaban J connectivity index is 1.62. The minimum Gasteiger partial charge on any atom is -0.396 e. The maximum Gasteiger partial charge on any atom is 0.126 e. The van der Waals surface area contributed by atoms with E-state index < -0.39 is 0 Å². The lowest BCUT2D eigenvalue weighted by Crippen LogP contribution is -2.56. The van der Waals surface area contributed by atoms with Crippen LogP contribution in [0.15, 0.2) is 18.2 Å². The van der Waals surface area contributed by atoms with E-state index in [1.165, 1.54) is 12.0 Å². The minimum absolute atomic E-state index is 0.122. The Kier molecular flexibility index (Phi) is 7.04. The summed E-state index contributed by atoms with van der Waals surface area (Å²) >= 11 is 0. The fourth-order valence-corrected chi connectivity index (χ4v) is 4.57. The first kappa shape index (κ1) is 19.7. The van der Waals surface area contributed by atoms with Crippen molar-refractivity contribution in [2.24, 2.45) is 5.92 Å². The number of aryl methyl sites for hydroxylation is 1. The second-order valence-corrected chi connectivity index (χ2v) is 8.14. The van der Waals surface area contributed by atoms with Gasteiger partial charge >= 0.3 is 0 Å². The van der Waals surface area contributed by atoms with E-state index in [4.69, 9.17) is 0 Å². The quantitative estimate of drug-likeness (QED) is 0.840. The summed E-state index contributed by atoms with van der Waals surface area (Å²) < 4.78 is 13.5. The van der Waals surface area contributed by atoms with Crippen LogP contribution in [0, 0.1) is 18.7 Å². The number of benzene rings is 1. The van der Waals surface area contributed by atoms with Crippen LogP contribution in [0.5, 0.6) is 0 Å². The Labute approximate surface area is 157 Å². The molecule has 0 aliphatic carbocycles. The highest BCUT2D eigenvalue weighted by Gasteiger charge is 2.33. The summed E-state index contributed by atoms with van der Waals surface area (Å²) in [6.07, 6.45) is 3.17. The molecule has 0 saturated carbocycles. The summed E-state index contributed by atoms with van der Waals surface area (Å²) in [6.45, 7) is 9.82. The van der Waals surface area contributed by atoms with Gasteiger partial charge in [-0.25, -0.2) is 4.39 Å². The van der Waals surface area contributed by atoms with Gasteiger partial charge in [0, 0.05) is 51.9 Å². The van der Waals surface area contributed by atoms with E-state index in [-0.39, 0.29) is 12.4 Å². The Hall–Kier alpha value is -1.01. The molecular weight excluding hydrogens is 329 g/mol. The number of hydrogen-bond donors (Lipinski definition) is 1. The van der Waals surface area contributed by atoms with E-state index in [2.05, 4.69) is 21.7 Å². The van der Waals surface area contributed by atoms with Crippen LogP contribution in [0.4, 0.5) is 4.39 Å². The third kappa shape index (κ3) is 5.03. The van der Waals surface area contributed by atoms with Gasteiger partial charge in [-0.2, -0.15) is 0 Å². The van der Waals surface area contributed by atoms with Crippen molar-refractivity contribution in [2.75, 3.05) is 52.9 Å². The lowest BCUT2D eigenvalue weighted by atomic mass is 9.86. The topological polar surface area (TPSA) is 30.0 Å². The fraction of sp³-hybridized carbons (Fsp3) is 0.714. The predicted octanol–water partition coefficient (Wildman–Crippen LogP) is 2.34. The molecule has 2 atom stereocenters. The first-order valence-electron chi connectivity index (χ1n) is 10.1. The van der Waals surface area contributed by atoms with Gasteiger partial charge < -0.3 is 10.0 Å². The molecule has 2 fully saturated rings.